The second-order valence-electron chi connectivity index (χ2n) is 2.52. The van der Waals surface area contributed by atoms with E-state index in [1.165, 1.54) is 6.20 Å². The van der Waals surface area contributed by atoms with E-state index in [1.54, 1.807) is 6.07 Å². The van der Waals surface area contributed by atoms with E-state index in [-0.39, 0.29) is 5.02 Å². The van der Waals surface area contributed by atoms with E-state index < -0.39 is 5.95 Å². The van der Waals surface area contributed by atoms with Gasteiger partial charge in [-0.15, -0.1) is 0 Å². The lowest BCUT2D eigenvalue weighted by atomic mass is 10.3. The summed E-state index contributed by atoms with van der Waals surface area (Å²) in [6.45, 7) is 1.44. The number of aromatic nitrogens is 1. The zero-order valence-electron chi connectivity index (χ0n) is 6.93. The van der Waals surface area contributed by atoms with Gasteiger partial charge in [0, 0.05) is 25.0 Å². The molecule has 2 nitrogen and oxygen atoms in total. The molecule has 1 rings (SSSR count). The van der Waals surface area contributed by atoms with Crippen LogP contribution in [-0.4, -0.2) is 17.3 Å². The molecule has 1 aromatic heterocycles. The molecule has 0 aromatic carbocycles. The maximum absolute atomic E-state index is 12.6. The number of thiol groups is 1. The number of hydrogen-bond acceptors (Lipinski definition) is 3. The summed E-state index contributed by atoms with van der Waals surface area (Å²) in [4.78, 5) is 3.50. The average Bonchev–Trinajstić information content (AvgIpc) is 2.12. The van der Waals surface area contributed by atoms with Gasteiger partial charge >= 0.3 is 0 Å². The molecule has 0 saturated heterocycles. The molecule has 0 aliphatic heterocycles. The first kappa shape index (κ1) is 10.8. The Morgan fingerprint density at radius 2 is 2.38 bits per heavy atom. The zero-order valence-corrected chi connectivity index (χ0v) is 8.58. The van der Waals surface area contributed by atoms with E-state index in [2.05, 4.69) is 22.9 Å². The summed E-state index contributed by atoms with van der Waals surface area (Å²) in [5.41, 5.74) is 0.869. The minimum Gasteiger partial charge on any atom is -0.312 e. The van der Waals surface area contributed by atoms with Crippen molar-refractivity contribution in [2.45, 2.75) is 6.54 Å². The Morgan fingerprint density at radius 1 is 1.62 bits per heavy atom. The highest BCUT2D eigenvalue weighted by molar-refractivity contribution is 7.80. The molecular weight excluding hydrogens is 211 g/mol. The second-order valence-corrected chi connectivity index (χ2v) is 3.37. The lowest BCUT2D eigenvalue weighted by Gasteiger charge is -2.02. The SMILES string of the molecule is Fc1ncc(CNCCS)cc1Cl. The highest BCUT2D eigenvalue weighted by Crippen LogP contribution is 2.12. The minimum atomic E-state index is -0.625. The molecule has 0 fully saturated rings. The van der Waals surface area contributed by atoms with Gasteiger partial charge in [-0.2, -0.15) is 17.0 Å². The quantitative estimate of drug-likeness (QED) is 0.460. The maximum Gasteiger partial charge on any atom is 0.231 e. The number of rotatable bonds is 4. The number of nitrogens with zero attached hydrogens (tertiary/aromatic N) is 1. The van der Waals surface area contributed by atoms with Crippen LogP contribution in [-0.2, 0) is 6.54 Å². The number of nitrogens with one attached hydrogen (secondary N) is 1. The molecule has 0 amide bonds. The zero-order chi connectivity index (χ0) is 9.68. The lowest BCUT2D eigenvalue weighted by molar-refractivity contribution is 0.581. The van der Waals surface area contributed by atoms with Crippen LogP contribution in [0.5, 0.6) is 0 Å². The van der Waals surface area contributed by atoms with Gasteiger partial charge in [-0.05, 0) is 11.6 Å². The van der Waals surface area contributed by atoms with Crippen LogP contribution in [0.15, 0.2) is 12.3 Å². The smallest absolute Gasteiger partial charge is 0.231 e. The molecular formula is C8H10ClFN2S. The van der Waals surface area contributed by atoms with Crippen LogP contribution in [0.25, 0.3) is 0 Å². The van der Waals surface area contributed by atoms with Crippen molar-refractivity contribution in [1.82, 2.24) is 10.3 Å². The van der Waals surface area contributed by atoms with Crippen molar-refractivity contribution >= 4 is 24.2 Å². The molecule has 0 bridgehead atoms. The number of hydrogen-bond donors (Lipinski definition) is 2. The van der Waals surface area contributed by atoms with Gasteiger partial charge in [0.05, 0.1) is 5.02 Å². The standard InChI is InChI=1S/C8H10ClFN2S/c9-7-3-6(4-11-1-2-13)5-12-8(7)10/h3,5,11,13H,1-2,4H2. The van der Waals surface area contributed by atoms with E-state index in [1.807, 2.05) is 0 Å². The van der Waals surface area contributed by atoms with Crippen LogP contribution in [0.4, 0.5) is 4.39 Å². The highest BCUT2D eigenvalue weighted by Gasteiger charge is 2.01. The molecule has 1 aromatic rings. The summed E-state index contributed by atoms with van der Waals surface area (Å²) in [5, 5.41) is 3.16. The molecule has 0 atom stereocenters. The van der Waals surface area contributed by atoms with Gasteiger partial charge in [0.25, 0.3) is 0 Å². The molecule has 0 saturated carbocycles. The van der Waals surface area contributed by atoms with Crippen LogP contribution in [0.3, 0.4) is 0 Å². The van der Waals surface area contributed by atoms with Crippen molar-refractivity contribution in [3.63, 3.8) is 0 Å². The lowest BCUT2D eigenvalue weighted by Crippen LogP contribution is -2.15. The normalized spacial score (nSPS) is 10.4. The first-order valence-electron chi connectivity index (χ1n) is 3.85. The predicted octanol–water partition coefficient (Wildman–Crippen LogP) is 1.89. The monoisotopic (exact) mass is 220 g/mol. The minimum absolute atomic E-state index is 0.0603. The summed E-state index contributed by atoms with van der Waals surface area (Å²) in [5.74, 6) is 0.141. The highest BCUT2D eigenvalue weighted by atomic mass is 35.5. The Labute approximate surface area is 86.9 Å². The third-order valence-corrected chi connectivity index (χ3v) is 1.96. The molecule has 0 unspecified atom stereocenters. The van der Waals surface area contributed by atoms with E-state index >= 15 is 0 Å². The summed E-state index contributed by atoms with van der Waals surface area (Å²) >= 11 is 9.59. The molecule has 1 N–H and O–H groups in total. The van der Waals surface area contributed by atoms with E-state index in [0.717, 1.165) is 17.9 Å². The van der Waals surface area contributed by atoms with Crippen LogP contribution in [0.2, 0.25) is 5.02 Å². The molecule has 5 heteroatoms. The Balaban J connectivity index is 2.53. The molecule has 13 heavy (non-hydrogen) atoms. The molecule has 1 heterocycles. The second kappa shape index (κ2) is 5.42. The largest absolute Gasteiger partial charge is 0.312 e. The first-order chi connectivity index (χ1) is 6.24. The Hall–Kier alpha value is -0.320. The average molecular weight is 221 g/mol. The van der Waals surface area contributed by atoms with Crippen molar-refractivity contribution in [1.29, 1.82) is 0 Å². The maximum atomic E-state index is 12.6. The van der Waals surface area contributed by atoms with Crippen LogP contribution in [0.1, 0.15) is 5.56 Å². The fraction of sp³-hybridized carbons (Fsp3) is 0.375. The van der Waals surface area contributed by atoms with Crippen LogP contribution >= 0.6 is 24.2 Å². The van der Waals surface area contributed by atoms with Crippen LogP contribution in [0, 0.1) is 5.95 Å². The Morgan fingerprint density at radius 3 is 3.00 bits per heavy atom. The summed E-state index contributed by atoms with van der Waals surface area (Å²) in [6, 6.07) is 1.56. The Kier molecular flexibility index (Phi) is 4.48. The third-order valence-electron chi connectivity index (χ3n) is 1.47. The van der Waals surface area contributed by atoms with Crippen molar-refractivity contribution < 1.29 is 4.39 Å². The van der Waals surface area contributed by atoms with Gasteiger partial charge in [0.15, 0.2) is 0 Å². The molecule has 0 aliphatic rings. The van der Waals surface area contributed by atoms with E-state index in [0.29, 0.717) is 6.54 Å². The van der Waals surface area contributed by atoms with Gasteiger partial charge < -0.3 is 5.32 Å². The number of pyridine rings is 1. The molecule has 0 aliphatic carbocycles. The predicted molar refractivity (Wildman–Crippen MR) is 54.8 cm³/mol. The van der Waals surface area contributed by atoms with Crippen molar-refractivity contribution in [3.8, 4) is 0 Å². The fourth-order valence-electron chi connectivity index (χ4n) is 0.869. The van der Waals surface area contributed by atoms with E-state index in [9.17, 15) is 4.39 Å². The van der Waals surface area contributed by atoms with Crippen molar-refractivity contribution in [2.75, 3.05) is 12.3 Å². The molecule has 72 valence electrons. The molecule has 0 spiro atoms. The third kappa shape index (κ3) is 3.50. The summed E-state index contributed by atoms with van der Waals surface area (Å²) in [7, 11) is 0. The van der Waals surface area contributed by atoms with Crippen molar-refractivity contribution in [2.24, 2.45) is 0 Å². The number of halogens is 2. The summed E-state index contributed by atoms with van der Waals surface area (Å²) in [6.07, 6.45) is 1.47. The van der Waals surface area contributed by atoms with Gasteiger partial charge in [0.1, 0.15) is 0 Å². The topological polar surface area (TPSA) is 24.9 Å². The van der Waals surface area contributed by atoms with E-state index in [4.69, 9.17) is 11.6 Å². The van der Waals surface area contributed by atoms with Crippen LogP contribution < -0.4 is 5.32 Å². The summed E-state index contributed by atoms with van der Waals surface area (Å²) < 4.78 is 12.6. The van der Waals surface area contributed by atoms with Gasteiger partial charge in [-0.25, -0.2) is 4.98 Å². The molecule has 0 radical (unpaired) electrons. The van der Waals surface area contributed by atoms with Gasteiger partial charge in [-0.3, -0.25) is 0 Å². The van der Waals surface area contributed by atoms with Gasteiger partial charge in [-0.1, -0.05) is 11.6 Å². The fourth-order valence-corrected chi connectivity index (χ4v) is 1.22. The van der Waals surface area contributed by atoms with Gasteiger partial charge in [0.2, 0.25) is 5.95 Å². The van der Waals surface area contributed by atoms with Crippen molar-refractivity contribution in [3.05, 3.63) is 28.8 Å². The Bertz CT molecular complexity index is 283. The first-order valence-corrected chi connectivity index (χ1v) is 4.86.